The Morgan fingerprint density at radius 3 is 2.55 bits per heavy atom. The highest BCUT2D eigenvalue weighted by Gasteiger charge is 2.26. The Morgan fingerprint density at radius 1 is 1.35 bits per heavy atom. The van der Waals surface area contributed by atoms with Crippen molar-refractivity contribution in [2.24, 2.45) is 0 Å². The maximum Gasteiger partial charge on any atom is 0.336 e. The van der Waals surface area contributed by atoms with Crippen molar-refractivity contribution < 1.29 is 29.6 Å². The van der Waals surface area contributed by atoms with Crippen molar-refractivity contribution in [1.82, 2.24) is 0 Å². The number of carbonyl (C=O) groups is 2. The van der Waals surface area contributed by atoms with Gasteiger partial charge in [0, 0.05) is 4.47 Å². The van der Waals surface area contributed by atoms with Crippen LogP contribution in [0, 0.1) is 0 Å². The maximum atomic E-state index is 11.3. The number of halogens is 1. The Hall–Kier alpha value is -1.44. The number of hydrogen-bond donors (Lipinski definition) is 3. The molecule has 0 bridgehead atoms. The third-order valence-corrected chi connectivity index (χ3v) is 3.10. The van der Waals surface area contributed by atoms with Crippen molar-refractivity contribution in [3.05, 3.63) is 33.8 Å². The third-order valence-electron chi connectivity index (χ3n) is 2.61. The van der Waals surface area contributed by atoms with Crippen molar-refractivity contribution in [2.45, 2.75) is 25.6 Å². The second-order valence-corrected chi connectivity index (χ2v) is 4.97. The van der Waals surface area contributed by atoms with Crippen LogP contribution >= 0.6 is 15.9 Å². The Bertz CT molecular complexity index is 502. The van der Waals surface area contributed by atoms with Gasteiger partial charge in [-0.3, -0.25) is 4.79 Å². The number of ether oxygens (including phenoxy) is 1. The molecule has 0 spiro atoms. The number of hydrogen-bond acceptors (Lipinski definition) is 5. The van der Waals surface area contributed by atoms with Crippen LogP contribution in [0.3, 0.4) is 0 Å². The first-order chi connectivity index (χ1) is 9.36. The van der Waals surface area contributed by atoms with Gasteiger partial charge in [0.05, 0.1) is 24.7 Å². The zero-order valence-corrected chi connectivity index (χ0v) is 12.3. The van der Waals surface area contributed by atoms with Crippen LogP contribution in [0.15, 0.2) is 22.7 Å². The Labute approximate surface area is 124 Å². The number of carboxylic acids is 1. The van der Waals surface area contributed by atoms with E-state index in [0.717, 1.165) is 0 Å². The lowest BCUT2D eigenvalue weighted by molar-refractivity contribution is -0.147. The molecule has 0 fully saturated rings. The van der Waals surface area contributed by atoms with Gasteiger partial charge < -0.3 is 20.1 Å². The van der Waals surface area contributed by atoms with E-state index in [1.54, 1.807) is 6.92 Å². The van der Waals surface area contributed by atoms with E-state index in [1.165, 1.54) is 18.2 Å². The molecule has 0 aliphatic carbocycles. The molecule has 7 heteroatoms. The molecule has 0 heterocycles. The predicted molar refractivity (Wildman–Crippen MR) is 73.3 cm³/mol. The highest BCUT2D eigenvalue weighted by molar-refractivity contribution is 9.10. The number of carboxylic acid groups (broad SMARTS) is 1. The van der Waals surface area contributed by atoms with E-state index in [4.69, 9.17) is 5.11 Å². The standard InChI is InChI=1S/C13H15BrO6/c1-2-20-11(16)6-10(15)12(17)9-5-7(14)3-4-8(9)13(18)19/h3-5,10,12,15,17H,2,6H2,1H3,(H,18,19). The van der Waals surface area contributed by atoms with Crippen molar-refractivity contribution in [3.63, 3.8) is 0 Å². The number of aliphatic hydroxyl groups excluding tert-OH is 2. The van der Waals surface area contributed by atoms with Crippen LogP contribution in [-0.4, -0.2) is 40.0 Å². The van der Waals surface area contributed by atoms with Crippen LogP contribution in [0.1, 0.15) is 35.4 Å². The molecule has 1 rings (SSSR count). The van der Waals surface area contributed by atoms with Gasteiger partial charge in [0.15, 0.2) is 0 Å². The molecule has 1 aromatic carbocycles. The molecule has 0 saturated carbocycles. The molecule has 0 aliphatic rings. The van der Waals surface area contributed by atoms with Gasteiger partial charge in [0.25, 0.3) is 0 Å². The van der Waals surface area contributed by atoms with Gasteiger partial charge in [0.2, 0.25) is 0 Å². The Balaban J connectivity index is 2.95. The second-order valence-electron chi connectivity index (χ2n) is 4.06. The summed E-state index contributed by atoms with van der Waals surface area (Å²) in [5.41, 5.74) is -0.104. The zero-order chi connectivity index (χ0) is 15.3. The van der Waals surface area contributed by atoms with Crippen molar-refractivity contribution in [2.75, 3.05) is 6.61 Å². The fourth-order valence-corrected chi connectivity index (χ4v) is 2.06. The molecule has 0 aromatic heterocycles. The summed E-state index contributed by atoms with van der Waals surface area (Å²) in [6.07, 6.45) is -3.36. The van der Waals surface area contributed by atoms with Crippen LogP contribution in [0.4, 0.5) is 0 Å². The first-order valence-electron chi connectivity index (χ1n) is 5.91. The fraction of sp³-hybridized carbons (Fsp3) is 0.385. The minimum absolute atomic E-state index is 0.0312. The van der Waals surface area contributed by atoms with E-state index in [9.17, 15) is 19.8 Å². The van der Waals surface area contributed by atoms with Gasteiger partial charge in [-0.05, 0) is 30.7 Å². The Morgan fingerprint density at radius 2 is 2.00 bits per heavy atom. The molecule has 110 valence electrons. The van der Waals surface area contributed by atoms with E-state index >= 15 is 0 Å². The SMILES string of the molecule is CCOC(=O)CC(O)C(O)c1cc(Br)ccc1C(=O)O. The van der Waals surface area contributed by atoms with Crippen molar-refractivity contribution in [3.8, 4) is 0 Å². The summed E-state index contributed by atoms with van der Waals surface area (Å²) in [6, 6.07) is 4.21. The summed E-state index contributed by atoms with van der Waals surface area (Å²) >= 11 is 3.16. The van der Waals surface area contributed by atoms with Gasteiger partial charge in [-0.2, -0.15) is 0 Å². The van der Waals surface area contributed by atoms with Gasteiger partial charge >= 0.3 is 11.9 Å². The van der Waals surface area contributed by atoms with Crippen molar-refractivity contribution in [1.29, 1.82) is 0 Å². The largest absolute Gasteiger partial charge is 0.478 e. The monoisotopic (exact) mass is 346 g/mol. The molecule has 6 nitrogen and oxygen atoms in total. The lowest BCUT2D eigenvalue weighted by Crippen LogP contribution is -2.24. The summed E-state index contributed by atoms with van der Waals surface area (Å²) in [4.78, 5) is 22.3. The molecule has 2 atom stereocenters. The van der Waals surface area contributed by atoms with E-state index in [2.05, 4.69) is 20.7 Å². The lowest BCUT2D eigenvalue weighted by Gasteiger charge is -2.19. The van der Waals surface area contributed by atoms with E-state index in [1.807, 2.05) is 0 Å². The van der Waals surface area contributed by atoms with E-state index in [-0.39, 0.29) is 17.7 Å². The molecular formula is C13H15BrO6. The van der Waals surface area contributed by atoms with Crippen LogP contribution < -0.4 is 0 Å². The molecule has 0 aliphatic heterocycles. The van der Waals surface area contributed by atoms with E-state index in [0.29, 0.717) is 4.47 Å². The molecule has 3 N–H and O–H groups in total. The Kier molecular flexibility index (Phi) is 6.12. The second kappa shape index (κ2) is 7.37. The lowest BCUT2D eigenvalue weighted by atomic mass is 9.97. The van der Waals surface area contributed by atoms with Crippen LogP contribution in [0.5, 0.6) is 0 Å². The van der Waals surface area contributed by atoms with Crippen LogP contribution in [-0.2, 0) is 9.53 Å². The zero-order valence-electron chi connectivity index (χ0n) is 10.7. The average Bonchev–Trinajstić information content (AvgIpc) is 2.37. The summed E-state index contributed by atoms with van der Waals surface area (Å²) in [7, 11) is 0. The number of aliphatic hydroxyl groups is 2. The summed E-state index contributed by atoms with van der Waals surface area (Å²) < 4.78 is 5.22. The highest BCUT2D eigenvalue weighted by atomic mass is 79.9. The van der Waals surface area contributed by atoms with E-state index < -0.39 is 30.6 Å². The summed E-state index contributed by atoms with van der Waals surface area (Å²) in [5, 5.41) is 28.9. The topological polar surface area (TPSA) is 104 Å². The maximum absolute atomic E-state index is 11.3. The molecular weight excluding hydrogens is 332 g/mol. The summed E-state index contributed by atoms with van der Waals surface area (Å²) in [5.74, 6) is -1.89. The van der Waals surface area contributed by atoms with Gasteiger partial charge in [-0.1, -0.05) is 15.9 Å². The molecule has 1 aromatic rings. The van der Waals surface area contributed by atoms with Crippen LogP contribution in [0.25, 0.3) is 0 Å². The predicted octanol–water partition coefficient (Wildman–Crippen LogP) is 1.49. The number of esters is 1. The van der Waals surface area contributed by atoms with Gasteiger partial charge in [-0.25, -0.2) is 4.79 Å². The highest BCUT2D eigenvalue weighted by Crippen LogP contribution is 2.26. The van der Waals surface area contributed by atoms with Gasteiger partial charge in [-0.15, -0.1) is 0 Å². The smallest absolute Gasteiger partial charge is 0.336 e. The normalized spacial score (nSPS) is 13.6. The molecule has 20 heavy (non-hydrogen) atoms. The molecule has 2 unspecified atom stereocenters. The summed E-state index contributed by atoms with van der Waals surface area (Å²) in [6.45, 7) is 1.79. The third kappa shape index (κ3) is 4.29. The first-order valence-corrected chi connectivity index (χ1v) is 6.70. The minimum Gasteiger partial charge on any atom is -0.478 e. The first kappa shape index (κ1) is 16.6. The molecule has 0 saturated heterocycles. The number of carbonyl (C=O) groups excluding carboxylic acids is 1. The quantitative estimate of drug-likeness (QED) is 0.674. The fourth-order valence-electron chi connectivity index (χ4n) is 1.68. The number of aromatic carboxylic acids is 1. The van der Waals surface area contributed by atoms with Crippen LogP contribution in [0.2, 0.25) is 0 Å². The molecule has 0 radical (unpaired) electrons. The molecule has 0 amide bonds. The minimum atomic E-state index is -1.50. The average molecular weight is 347 g/mol. The number of rotatable bonds is 6. The van der Waals surface area contributed by atoms with Crippen molar-refractivity contribution >= 4 is 27.9 Å². The number of benzene rings is 1. The van der Waals surface area contributed by atoms with Gasteiger partial charge in [0.1, 0.15) is 6.10 Å².